The Bertz CT molecular complexity index is 1010. The number of nitrogens with zero attached hydrogens (tertiary/aromatic N) is 3. The molecular weight excluding hydrogens is 408 g/mol. The summed E-state index contributed by atoms with van der Waals surface area (Å²) in [6.07, 6.45) is 0.911. The first-order valence-electron chi connectivity index (χ1n) is 8.49. The van der Waals surface area contributed by atoms with Crippen molar-refractivity contribution in [2.75, 3.05) is 26.2 Å². The summed E-state index contributed by atoms with van der Waals surface area (Å²) in [7, 11) is -7.72. The van der Waals surface area contributed by atoms with Gasteiger partial charge in [0.1, 0.15) is 0 Å². The number of sulfonamides is 2. The number of aromatic nitrogens is 1. The second-order valence-electron chi connectivity index (χ2n) is 6.29. The minimum atomic E-state index is -3.96. The van der Waals surface area contributed by atoms with Gasteiger partial charge in [0.25, 0.3) is 0 Å². The molecule has 0 radical (unpaired) electrons. The summed E-state index contributed by atoms with van der Waals surface area (Å²) >= 11 is 1.64. The van der Waals surface area contributed by atoms with E-state index in [4.69, 9.17) is 5.14 Å². The topological polar surface area (TPSA) is 114 Å². The molecule has 0 spiro atoms. The quantitative estimate of drug-likeness (QED) is 0.727. The summed E-state index contributed by atoms with van der Waals surface area (Å²) in [5.74, 6) is 0. The molecule has 0 amide bonds. The Hall–Kier alpha value is -1.37. The predicted molar refractivity (Wildman–Crippen MR) is 103 cm³/mol. The zero-order valence-corrected chi connectivity index (χ0v) is 17.4. The van der Waals surface area contributed by atoms with Crippen molar-refractivity contribution in [3.05, 3.63) is 40.3 Å². The van der Waals surface area contributed by atoms with E-state index in [-0.39, 0.29) is 9.79 Å². The average Bonchev–Trinajstić information content (AvgIpc) is 3.09. The lowest BCUT2D eigenvalue weighted by molar-refractivity contribution is 0.180. The molecule has 11 heteroatoms. The van der Waals surface area contributed by atoms with Crippen molar-refractivity contribution in [2.24, 2.45) is 5.14 Å². The maximum absolute atomic E-state index is 12.8. The molecule has 3 rings (SSSR count). The van der Waals surface area contributed by atoms with Crippen molar-refractivity contribution < 1.29 is 16.8 Å². The van der Waals surface area contributed by atoms with Crippen LogP contribution in [0, 0.1) is 0 Å². The molecule has 0 aliphatic carbocycles. The largest absolute Gasteiger partial charge is 0.295 e. The van der Waals surface area contributed by atoms with Crippen molar-refractivity contribution >= 4 is 31.4 Å². The van der Waals surface area contributed by atoms with E-state index in [2.05, 4.69) is 16.8 Å². The van der Waals surface area contributed by atoms with Crippen LogP contribution < -0.4 is 5.14 Å². The number of hydrogen-bond acceptors (Lipinski definition) is 7. The molecular formula is C16H22N4O4S3. The van der Waals surface area contributed by atoms with E-state index in [1.54, 1.807) is 11.3 Å². The highest BCUT2D eigenvalue weighted by molar-refractivity contribution is 7.90. The van der Waals surface area contributed by atoms with Gasteiger partial charge in [0, 0.05) is 38.1 Å². The van der Waals surface area contributed by atoms with Crippen molar-refractivity contribution in [1.29, 1.82) is 0 Å². The molecule has 1 fully saturated rings. The molecule has 0 bridgehead atoms. The van der Waals surface area contributed by atoms with Gasteiger partial charge in [-0.3, -0.25) is 4.90 Å². The Morgan fingerprint density at radius 2 is 1.78 bits per heavy atom. The molecule has 27 heavy (non-hydrogen) atoms. The molecule has 0 unspecified atom stereocenters. The number of nitrogens with two attached hydrogens (primary N) is 1. The first-order valence-corrected chi connectivity index (χ1v) is 12.4. The summed E-state index contributed by atoms with van der Waals surface area (Å²) in [5, 5.41) is 8.24. The van der Waals surface area contributed by atoms with Crippen LogP contribution in [-0.2, 0) is 33.0 Å². The van der Waals surface area contributed by atoms with E-state index >= 15 is 0 Å². The monoisotopic (exact) mass is 430 g/mol. The average molecular weight is 431 g/mol. The second kappa shape index (κ2) is 7.94. The third kappa shape index (κ3) is 4.73. The van der Waals surface area contributed by atoms with E-state index in [1.807, 2.05) is 5.38 Å². The van der Waals surface area contributed by atoms with Gasteiger partial charge in [-0.05, 0) is 24.6 Å². The molecule has 148 valence electrons. The van der Waals surface area contributed by atoms with Crippen molar-refractivity contribution in [3.8, 4) is 0 Å². The molecule has 1 aliphatic rings. The lowest BCUT2D eigenvalue weighted by atomic mass is 10.3. The van der Waals surface area contributed by atoms with Crippen LogP contribution in [-0.4, -0.2) is 57.2 Å². The van der Waals surface area contributed by atoms with Crippen LogP contribution in [0.3, 0.4) is 0 Å². The van der Waals surface area contributed by atoms with Gasteiger partial charge in [-0.1, -0.05) is 13.0 Å². The van der Waals surface area contributed by atoms with Gasteiger partial charge in [-0.25, -0.2) is 27.0 Å². The molecule has 1 aromatic carbocycles. The summed E-state index contributed by atoms with van der Waals surface area (Å²) in [6, 6.07) is 5.16. The van der Waals surface area contributed by atoms with Crippen LogP contribution in [0.2, 0.25) is 0 Å². The molecule has 1 aromatic heterocycles. The first kappa shape index (κ1) is 20.4. The summed E-state index contributed by atoms with van der Waals surface area (Å²) < 4.78 is 50.0. The summed E-state index contributed by atoms with van der Waals surface area (Å²) in [6.45, 7) is 4.63. The molecule has 8 nitrogen and oxygen atoms in total. The molecule has 0 saturated carbocycles. The zero-order chi connectivity index (χ0) is 19.7. The smallest absolute Gasteiger partial charge is 0.243 e. The fourth-order valence-corrected chi connectivity index (χ4v) is 5.74. The fraction of sp³-hybridized carbons (Fsp3) is 0.438. The number of aryl methyl sites for hydroxylation is 1. The zero-order valence-electron chi connectivity index (χ0n) is 14.9. The van der Waals surface area contributed by atoms with Crippen LogP contribution in [0.15, 0.2) is 39.4 Å². The Kier molecular flexibility index (Phi) is 5.99. The number of benzene rings is 1. The molecule has 1 saturated heterocycles. The normalized spacial score (nSPS) is 17.3. The second-order valence-corrected chi connectivity index (χ2v) is 10.7. The number of piperazine rings is 1. The van der Waals surface area contributed by atoms with Gasteiger partial charge in [0.05, 0.1) is 20.5 Å². The van der Waals surface area contributed by atoms with Crippen LogP contribution in [0.25, 0.3) is 0 Å². The number of thiazole rings is 1. The van der Waals surface area contributed by atoms with Gasteiger partial charge in [0.2, 0.25) is 20.0 Å². The Morgan fingerprint density at radius 1 is 1.11 bits per heavy atom. The summed E-state index contributed by atoms with van der Waals surface area (Å²) in [5.41, 5.74) is 1.01. The van der Waals surface area contributed by atoms with Gasteiger partial charge >= 0.3 is 0 Å². The van der Waals surface area contributed by atoms with E-state index in [1.165, 1.54) is 22.5 Å². The maximum Gasteiger partial charge on any atom is 0.243 e. The SMILES string of the molecule is CCc1nc(CN2CCN(S(=O)(=O)c3cccc(S(N)(=O)=O)c3)CC2)cs1. The minimum absolute atomic E-state index is 0.0606. The highest BCUT2D eigenvalue weighted by Gasteiger charge is 2.29. The Morgan fingerprint density at radius 3 is 2.37 bits per heavy atom. The van der Waals surface area contributed by atoms with Gasteiger partial charge in [-0.15, -0.1) is 11.3 Å². The van der Waals surface area contributed by atoms with Crippen LogP contribution in [0.5, 0.6) is 0 Å². The molecule has 2 N–H and O–H groups in total. The van der Waals surface area contributed by atoms with Crippen LogP contribution >= 0.6 is 11.3 Å². The molecule has 2 heterocycles. The number of hydrogen-bond donors (Lipinski definition) is 1. The highest BCUT2D eigenvalue weighted by Crippen LogP contribution is 2.21. The van der Waals surface area contributed by atoms with Gasteiger partial charge in [0.15, 0.2) is 0 Å². The minimum Gasteiger partial charge on any atom is -0.295 e. The third-order valence-electron chi connectivity index (χ3n) is 4.39. The number of rotatable bonds is 6. The van der Waals surface area contributed by atoms with Gasteiger partial charge < -0.3 is 0 Å². The third-order valence-corrected chi connectivity index (χ3v) is 8.24. The van der Waals surface area contributed by atoms with Crippen LogP contribution in [0.4, 0.5) is 0 Å². The molecule has 2 aromatic rings. The Labute approximate surface area is 163 Å². The molecule has 1 aliphatic heterocycles. The highest BCUT2D eigenvalue weighted by atomic mass is 32.2. The van der Waals surface area contributed by atoms with E-state index < -0.39 is 20.0 Å². The van der Waals surface area contributed by atoms with Crippen molar-refractivity contribution in [1.82, 2.24) is 14.2 Å². The van der Waals surface area contributed by atoms with Gasteiger partial charge in [-0.2, -0.15) is 4.31 Å². The standard InChI is InChI=1S/C16H22N4O4S3/c1-2-16-18-13(12-25-16)11-19-6-8-20(9-7-19)27(23,24)15-5-3-4-14(10-15)26(17,21)22/h3-5,10,12H,2,6-9,11H2,1H3,(H2,17,21,22). The first-order chi connectivity index (χ1) is 12.7. The fourth-order valence-electron chi connectivity index (χ4n) is 2.90. The predicted octanol–water partition coefficient (Wildman–Crippen LogP) is 0.859. The molecule has 0 atom stereocenters. The lowest BCUT2D eigenvalue weighted by Gasteiger charge is -2.33. The van der Waals surface area contributed by atoms with E-state index in [0.717, 1.165) is 23.2 Å². The Balaban J connectivity index is 1.68. The van der Waals surface area contributed by atoms with Crippen molar-refractivity contribution in [3.63, 3.8) is 0 Å². The number of primary sulfonamides is 1. The van der Waals surface area contributed by atoms with Crippen LogP contribution in [0.1, 0.15) is 17.6 Å². The van der Waals surface area contributed by atoms with E-state index in [0.29, 0.717) is 32.7 Å². The summed E-state index contributed by atoms with van der Waals surface area (Å²) in [4.78, 5) is 6.44. The lowest BCUT2D eigenvalue weighted by Crippen LogP contribution is -2.48. The van der Waals surface area contributed by atoms with Crippen molar-refractivity contribution in [2.45, 2.75) is 29.7 Å². The van der Waals surface area contributed by atoms with E-state index in [9.17, 15) is 16.8 Å². The maximum atomic E-state index is 12.8.